The Morgan fingerprint density at radius 3 is 2.43 bits per heavy atom. The molecule has 1 aliphatic heterocycles. The summed E-state index contributed by atoms with van der Waals surface area (Å²) < 4.78 is 0. The lowest BCUT2D eigenvalue weighted by molar-refractivity contribution is 0.0705. The van der Waals surface area contributed by atoms with Gasteiger partial charge in [-0.2, -0.15) is 5.26 Å². The molecule has 1 saturated heterocycles. The Morgan fingerprint density at radius 2 is 1.86 bits per heavy atom. The van der Waals surface area contributed by atoms with Crippen LogP contribution in [0.3, 0.4) is 0 Å². The van der Waals surface area contributed by atoms with Crippen LogP contribution in [0.15, 0.2) is 24.3 Å². The van der Waals surface area contributed by atoms with E-state index in [-0.39, 0.29) is 5.91 Å². The maximum Gasteiger partial charge on any atom is 0.253 e. The van der Waals surface area contributed by atoms with Gasteiger partial charge in [0, 0.05) is 24.7 Å². The van der Waals surface area contributed by atoms with E-state index in [0.717, 1.165) is 38.4 Å². The summed E-state index contributed by atoms with van der Waals surface area (Å²) in [5, 5.41) is 12.4. The number of carbonyl (C=O) groups excluding carboxylic acids is 1. The van der Waals surface area contributed by atoms with E-state index in [0.29, 0.717) is 17.2 Å². The van der Waals surface area contributed by atoms with Gasteiger partial charge in [0.1, 0.15) is 0 Å². The molecule has 1 aromatic rings. The average Bonchev–Trinajstić information content (AvgIpc) is 3.37. The Bertz CT molecular complexity index is 534. The molecule has 0 aromatic heterocycles. The number of nitrogens with zero attached hydrogens (tertiary/aromatic N) is 2. The van der Waals surface area contributed by atoms with Gasteiger partial charge in [-0.1, -0.05) is 0 Å². The van der Waals surface area contributed by atoms with Crippen molar-refractivity contribution in [2.45, 2.75) is 31.7 Å². The van der Waals surface area contributed by atoms with Gasteiger partial charge in [-0.25, -0.2) is 0 Å². The minimum absolute atomic E-state index is 0.0835. The van der Waals surface area contributed by atoms with Gasteiger partial charge in [-0.15, -0.1) is 0 Å². The second-order valence-electron chi connectivity index (χ2n) is 6.11. The van der Waals surface area contributed by atoms with Crippen LogP contribution in [0.25, 0.3) is 0 Å². The van der Waals surface area contributed by atoms with Crippen LogP contribution in [0.1, 0.15) is 41.6 Å². The van der Waals surface area contributed by atoms with Gasteiger partial charge >= 0.3 is 0 Å². The Labute approximate surface area is 125 Å². The Hall–Kier alpha value is -1.86. The summed E-state index contributed by atoms with van der Waals surface area (Å²) in [6.07, 6.45) is 4.83. The van der Waals surface area contributed by atoms with Crippen LogP contribution in [0.4, 0.5) is 0 Å². The fourth-order valence-electron chi connectivity index (χ4n) is 2.81. The maximum atomic E-state index is 12.4. The Balaban J connectivity index is 1.50. The number of likely N-dealkylation sites (tertiary alicyclic amines) is 1. The zero-order chi connectivity index (χ0) is 14.7. The predicted octanol–water partition coefficient (Wildman–Crippen LogP) is 2.16. The maximum absolute atomic E-state index is 12.4. The van der Waals surface area contributed by atoms with Gasteiger partial charge in [0.2, 0.25) is 0 Å². The molecule has 0 spiro atoms. The fourth-order valence-corrected chi connectivity index (χ4v) is 2.81. The largest absolute Gasteiger partial charge is 0.339 e. The molecule has 2 aliphatic rings. The highest BCUT2D eigenvalue weighted by molar-refractivity contribution is 5.94. The minimum atomic E-state index is 0.0835. The second kappa shape index (κ2) is 6.28. The molecular formula is C17H21N3O. The highest BCUT2D eigenvalue weighted by atomic mass is 16.2. The van der Waals surface area contributed by atoms with Crippen LogP contribution in [0.2, 0.25) is 0 Å². The lowest BCUT2D eigenvalue weighted by Gasteiger charge is -2.32. The molecule has 0 unspecified atom stereocenters. The normalized spacial score (nSPS) is 19.3. The molecule has 4 nitrogen and oxygen atoms in total. The van der Waals surface area contributed by atoms with Gasteiger partial charge < -0.3 is 10.2 Å². The summed E-state index contributed by atoms with van der Waals surface area (Å²) in [5.41, 5.74) is 1.27. The quantitative estimate of drug-likeness (QED) is 0.921. The van der Waals surface area contributed by atoms with Crippen molar-refractivity contribution >= 4 is 5.91 Å². The second-order valence-corrected chi connectivity index (χ2v) is 6.11. The number of nitriles is 1. The molecule has 21 heavy (non-hydrogen) atoms. The SMILES string of the molecule is N#Cc1ccc(C(=O)N2CCC(NCC3CC3)CC2)cc1. The summed E-state index contributed by atoms with van der Waals surface area (Å²) in [6.45, 7) is 2.79. The minimum Gasteiger partial charge on any atom is -0.339 e. The van der Waals surface area contributed by atoms with Gasteiger partial charge in [0.05, 0.1) is 11.6 Å². The van der Waals surface area contributed by atoms with Crippen molar-refractivity contribution < 1.29 is 4.79 Å². The van der Waals surface area contributed by atoms with Crippen LogP contribution < -0.4 is 5.32 Å². The molecular weight excluding hydrogens is 262 g/mol. The van der Waals surface area contributed by atoms with E-state index in [1.807, 2.05) is 4.90 Å². The first kappa shape index (κ1) is 14.1. The highest BCUT2D eigenvalue weighted by Crippen LogP contribution is 2.28. The number of piperidine rings is 1. The van der Waals surface area contributed by atoms with Crippen molar-refractivity contribution in [3.8, 4) is 6.07 Å². The summed E-state index contributed by atoms with van der Waals surface area (Å²) in [6, 6.07) is 9.55. The van der Waals surface area contributed by atoms with E-state index in [1.54, 1.807) is 24.3 Å². The lowest BCUT2D eigenvalue weighted by Crippen LogP contribution is -2.45. The fraction of sp³-hybridized carbons (Fsp3) is 0.529. The monoisotopic (exact) mass is 283 g/mol. The van der Waals surface area contributed by atoms with E-state index < -0.39 is 0 Å². The molecule has 4 heteroatoms. The van der Waals surface area contributed by atoms with Crippen molar-refractivity contribution in [1.29, 1.82) is 5.26 Å². The third kappa shape index (κ3) is 3.62. The first-order valence-electron chi connectivity index (χ1n) is 7.79. The zero-order valence-corrected chi connectivity index (χ0v) is 12.2. The first-order valence-corrected chi connectivity index (χ1v) is 7.79. The van der Waals surface area contributed by atoms with E-state index >= 15 is 0 Å². The molecule has 1 heterocycles. The van der Waals surface area contributed by atoms with Gasteiger partial charge in [-0.05, 0) is 62.4 Å². The zero-order valence-electron chi connectivity index (χ0n) is 12.2. The topological polar surface area (TPSA) is 56.1 Å². The Kier molecular flexibility index (Phi) is 4.21. The highest BCUT2D eigenvalue weighted by Gasteiger charge is 2.26. The Morgan fingerprint density at radius 1 is 1.19 bits per heavy atom. The van der Waals surface area contributed by atoms with E-state index in [2.05, 4.69) is 11.4 Å². The molecule has 1 aliphatic carbocycles. The van der Waals surface area contributed by atoms with Crippen LogP contribution in [-0.4, -0.2) is 36.5 Å². The molecule has 0 bridgehead atoms. The van der Waals surface area contributed by atoms with Gasteiger partial charge in [0.25, 0.3) is 5.91 Å². The molecule has 110 valence electrons. The van der Waals surface area contributed by atoms with E-state index in [4.69, 9.17) is 5.26 Å². The molecule has 0 atom stereocenters. The molecule has 1 N–H and O–H groups in total. The molecule has 1 amide bonds. The first-order chi connectivity index (χ1) is 10.3. The van der Waals surface area contributed by atoms with Crippen molar-refractivity contribution in [1.82, 2.24) is 10.2 Å². The predicted molar refractivity (Wildman–Crippen MR) is 80.8 cm³/mol. The third-order valence-corrected chi connectivity index (χ3v) is 4.44. The lowest BCUT2D eigenvalue weighted by atomic mass is 10.0. The average molecular weight is 283 g/mol. The van der Waals surface area contributed by atoms with Crippen molar-refractivity contribution in [3.63, 3.8) is 0 Å². The number of hydrogen-bond donors (Lipinski definition) is 1. The van der Waals surface area contributed by atoms with Crippen LogP contribution in [0.5, 0.6) is 0 Å². The number of amides is 1. The van der Waals surface area contributed by atoms with Gasteiger partial charge in [-0.3, -0.25) is 4.79 Å². The molecule has 1 aromatic carbocycles. The number of carbonyl (C=O) groups is 1. The number of hydrogen-bond acceptors (Lipinski definition) is 3. The van der Waals surface area contributed by atoms with Crippen molar-refractivity contribution in [2.75, 3.05) is 19.6 Å². The third-order valence-electron chi connectivity index (χ3n) is 4.44. The summed E-state index contributed by atoms with van der Waals surface area (Å²) in [7, 11) is 0. The van der Waals surface area contributed by atoms with Crippen LogP contribution in [0, 0.1) is 17.2 Å². The number of nitrogens with one attached hydrogen (secondary N) is 1. The smallest absolute Gasteiger partial charge is 0.253 e. The van der Waals surface area contributed by atoms with Gasteiger partial charge in [0.15, 0.2) is 0 Å². The van der Waals surface area contributed by atoms with E-state index in [1.165, 1.54) is 12.8 Å². The number of benzene rings is 1. The molecule has 3 rings (SSSR count). The molecule has 1 saturated carbocycles. The van der Waals surface area contributed by atoms with Crippen LogP contribution >= 0.6 is 0 Å². The van der Waals surface area contributed by atoms with Crippen molar-refractivity contribution in [3.05, 3.63) is 35.4 Å². The summed E-state index contributed by atoms with van der Waals surface area (Å²) >= 11 is 0. The molecule has 2 fully saturated rings. The summed E-state index contributed by atoms with van der Waals surface area (Å²) in [5.74, 6) is 0.989. The van der Waals surface area contributed by atoms with E-state index in [9.17, 15) is 4.79 Å². The summed E-state index contributed by atoms with van der Waals surface area (Å²) in [4.78, 5) is 14.3. The number of rotatable bonds is 4. The standard InChI is InChI=1S/C17H21N3O/c18-11-13-3-5-15(6-4-13)17(21)20-9-7-16(8-10-20)19-12-14-1-2-14/h3-6,14,16,19H,1-2,7-10,12H2. The van der Waals surface area contributed by atoms with Crippen LogP contribution in [-0.2, 0) is 0 Å². The van der Waals surface area contributed by atoms with Crippen molar-refractivity contribution in [2.24, 2.45) is 5.92 Å². The molecule has 0 radical (unpaired) electrons.